The van der Waals surface area contributed by atoms with E-state index in [1.54, 1.807) is 0 Å². The summed E-state index contributed by atoms with van der Waals surface area (Å²) >= 11 is 3.46. The first-order chi connectivity index (χ1) is 7.01. The Kier molecular flexibility index (Phi) is 5.53. The van der Waals surface area contributed by atoms with E-state index in [2.05, 4.69) is 41.6 Å². The number of morpholine rings is 1. The molecule has 1 aliphatic heterocycles. The van der Waals surface area contributed by atoms with Crippen molar-refractivity contribution < 1.29 is 9.47 Å². The van der Waals surface area contributed by atoms with Crippen molar-refractivity contribution in [1.82, 2.24) is 4.90 Å². The molecule has 90 valence electrons. The maximum atomic E-state index is 5.71. The van der Waals surface area contributed by atoms with Crippen LogP contribution >= 0.6 is 15.9 Å². The molecule has 0 aromatic carbocycles. The molecule has 1 heterocycles. The van der Waals surface area contributed by atoms with Crippen molar-refractivity contribution in [3.63, 3.8) is 0 Å². The van der Waals surface area contributed by atoms with Crippen molar-refractivity contribution in [3.8, 4) is 0 Å². The van der Waals surface area contributed by atoms with Gasteiger partial charge >= 0.3 is 0 Å². The van der Waals surface area contributed by atoms with E-state index >= 15 is 0 Å². The highest BCUT2D eigenvalue weighted by atomic mass is 79.9. The fourth-order valence-electron chi connectivity index (χ4n) is 1.56. The predicted molar refractivity (Wildman–Crippen MR) is 65.7 cm³/mol. The molecule has 1 aliphatic rings. The van der Waals surface area contributed by atoms with Crippen molar-refractivity contribution >= 4 is 15.9 Å². The number of hydrogen-bond acceptors (Lipinski definition) is 3. The molecule has 4 heteroatoms. The zero-order valence-electron chi connectivity index (χ0n) is 9.96. The average molecular weight is 280 g/mol. The Balaban J connectivity index is 2.15. The summed E-state index contributed by atoms with van der Waals surface area (Å²) in [5.74, 6) is 0. The monoisotopic (exact) mass is 279 g/mol. The Bertz CT molecular complexity index is 182. The summed E-state index contributed by atoms with van der Waals surface area (Å²) in [6.07, 6.45) is 0.341. The molecule has 1 unspecified atom stereocenters. The van der Waals surface area contributed by atoms with Crippen LogP contribution in [0.15, 0.2) is 0 Å². The van der Waals surface area contributed by atoms with Gasteiger partial charge in [0.2, 0.25) is 0 Å². The van der Waals surface area contributed by atoms with Gasteiger partial charge in [-0.3, -0.25) is 4.90 Å². The minimum Gasteiger partial charge on any atom is -0.375 e. The van der Waals surface area contributed by atoms with E-state index in [4.69, 9.17) is 9.47 Å². The third kappa shape index (κ3) is 5.85. The van der Waals surface area contributed by atoms with Gasteiger partial charge in [-0.25, -0.2) is 0 Å². The maximum absolute atomic E-state index is 5.71. The topological polar surface area (TPSA) is 21.7 Å². The van der Waals surface area contributed by atoms with E-state index in [1.807, 2.05) is 0 Å². The van der Waals surface area contributed by atoms with Crippen molar-refractivity contribution in [2.24, 2.45) is 0 Å². The SMILES string of the molecule is CC(C)(C)OCCN1CCOC(CBr)C1. The second-order valence-electron chi connectivity index (χ2n) is 4.91. The van der Waals surface area contributed by atoms with E-state index in [0.717, 1.165) is 38.2 Å². The van der Waals surface area contributed by atoms with Crippen molar-refractivity contribution in [1.29, 1.82) is 0 Å². The van der Waals surface area contributed by atoms with Crippen LogP contribution in [-0.2, 0) is 9.47 Å². The Hall–Kier alpha value is 0.360. The van der Waals surface area contributed by atoms with E-state index in [0.29, 0.717) is 6.10 Å². The molecule has 0 amide bonds. The molecule has 0 saturated carbocycles. The highest BCUT2D eigenvalue weighted by Gasteiger charge is 2.19. The molecule has 0 bridgehead atoms. The predicted octanol–water partition coefficient (Wildman–Crippen LogP) is 1.90. The minimum absolute atomic E-state index is 0.0267. The highest BCUT2D eigenvalue weighted by molar-refractivity contribution is 9.09. The minimum atomic E-state index is -0.0267. The van der Waals surface area contributed by atoms with Crippen molar-refractivity contribution in [2.75, 3.05) is 38.2 Å². The molecule has 3 nitrogen and oxygen atoms in total. The summed E-state index contributed by atoms with van der Waals surface area (Å²) in [6, 6.07) is 0. The Morgan fingerprint density at radius 2 is 2.20 bits per heavy atom. The van der Waals surface area contributed by atoms with Crippen molar-refractivity contribution in [3.05, 3.63) is 0 Å². The number of alkyl halides is 1. The summed E-state index contributed by atoms with van der Waals surface area (Å²) in [4.78, 5) is 2.40. The molecule has 0 N–H and O–H groups in total. The van der Waals surface area contributed by atoms with Gasteiger partial charge in [-0.2, -0.15) is 0 Å². The number of halogens is 1. The Morgan fingerprint density at radius 1 is 1.47 bits per heavy atom. The van der Waals surface area contributed by atoms with Gasteiger partial charge in [0, 0.05) is 25.0 Å². The molecule has 0 aromatic heterocycles. The van der Waals surface area contributed by atoms with Crippen molar-refractivity contribution in [2.45, 2.75) is 32.5 Å². The van der Waals surface area contributed by atoms with Gasteiger partial charge in [-0.15, -0.1) is 0 Å². The zero-order chi connectivity index (χ0) is 11.3. The fraction of sp³-hybridized carbons (Fsp3) is 1.00. The Labute approximate surface area is 101 Å². The van der Waals surface area contributed by atoms with Crippen LogP contribution < -0.4 is 0 Å². The normalized spacial score (nSPS) is 24.4. The van der Waals surface area contributed by atoms with Crippen LogP contribution in [0.2, 0.25) is 0 Å². The molecule has 0 aliphatic carbocycles. The number of rotatable bonds is 4. The molecule has 0 aromatic rings. The maximum Gasteiger partial charge on any atom is 0.0799 e. The summed E-state index contributed by atoms with van der Waals surface area (Å²) in [5, 5.41) is 0.920. The van der Waals surface area contributed by atoms with E-state index in [1.165, 1.54) is 0 Å². The smallest absolute Gasteiger partial charge is 0.0799 e. The molecule has 1 rings (SSSR count). The lowest BCUT2D eigenvalue weighted by molar-refractivity contribution is -0.0465. The largest absolute Gasteiger partial charge is 0.375 e. The number of nitrogens with zero attached hydrogens (tertiary/aromatic N) is 1. The summed E-state index contributed by atoms with van der Waals surface area (Å²) in [7, 11) is 0. The van der Waals surface area contributed by atoms with Crippen LogP contribution in [0.25, 0.3) is 0 Å². The van der Waals surface area contributed by atoms with Gasteiger partial charge in [-0.05, 0) is 20.8 Å². The van der Waals surface area contributed by atoms with Crippen LogP contribution in [0.4, 0.5) is 0 Å². The van der Waals surface area contributed by atoms with Gasteiger partial charge in [-0.1, -0.05) is 15.9 Å². The fourth-order valence-corrected chi connectivity index (χ4v) is 1.95. The molecule has 0 radical (unpaired) electrons. The zero-order valence-corrected chi connectivity index (χ0v) is 11.5. The average Bonchev–Trinajstić information content (AvgIpc) is 2.16. The lowest BCUT2D eigenvalue weighted by Crippen LogP contribution is -2.44. The highest BCUT2D eigenvalue weighted by Crippen LogP contribution is 2.09. The molecular formula is C11H22BrNO2. The van der Waals surface area contributed by atoms with Crippen LogP contribution in [0.5, 0.6) is 0 Å². The van der Waals surface area contributed by atoms with Crippen LogP contribution in [-0.4, -0.2) is 54.8 Å². The third-order valence-corrected chi connectivity index (χ3v) is 3.06. The van der Waals surface area contributed by atoms with E-state index in [-0.39, 0.29) is 5.60 Å². The Morgan fingerprint density at radius 3 is 2.80 bits per heavy atom. The van der Waals surface area contributed by atoms with E-state index in [9.17, 15) is 0 Å². The van der Waals surface area contributed by atoms with Crippen LogP contribution in [0.3, 0.4) is 0 Å². The number of hydrogen-bond donors (Lipinski definition) is 0. The standard InChI is InChI=1S/C11H22BrNO2/c1-11(2,3)15-7-5-13-4-6-14-10(8-12)9-13/h10H,4-9H2,1-3H3. The molecule has 0 spiro atoms. The lowest BCUT2D eigenvalue weighted by atomic mass is 10.2. The quantitative estimate of drug-likeness (QED) is 0.734. The molecular weight excluding hydrogens is 258 g/mol. The summed E-state index contributed by atoms with van der Waals surface area (Å²) < 4.78 is 11.3. The van der Waals surface area contributed by atoms with Crippen LogP contribution in [0, 0.1) is 0 Å². The second-order valence-corrected chi connectivity index (χ2v) is 5.56. The van der Waals surface area contributed by atoms with Crippen LogP contribution in [0.1, 0.15) is 20.8 Å². The lowest BCUT2D eigenvalue weighted by Gasteiger charge is -2.32. The van der Waals surface area contributed by atoms with Gasteiger partial charge in [0.25, 0.3) is 0 Å². The summed E-state index contributed by atoms with van der Waals surface area (Å²) in [6.45, 7) is 11.0. The van der Waals surface area contributed by atoms with Gasteiger partial charge in [0.1, 0.15) is 0 Å². The second kappa shape index (κ2) is 6.18. The third-order valence-electron chi connectivity index (χ3n) is 2.34. The molecule has 1 fully saturated rings. The number of ether oxygens (including phenoxy) is 2. The van der Waals surface area contributed by atoms with Gasteiger partial charge in [0.15, 0.2) is 0 Å². The molecule has 15 heavy (non-hydrogen) atoms. The first-order valence-electron chi connectivity index (χ1n) is 5.55. The molecule has 1 saturated heterocycles. The summed E-state index contributed by atoms with van der Waals surface area (Å²) in [5.41, 5.74) is -0.0267. The van der Waals surface area contributed by atoms with Gasteiger partial charge < -0.3 is 9.47 Å². The molecule has 1 atom stereocenters. The first kappa shape index (κ1) is 13.4. The van der Waals surface area contributed by atoms with Gasteiger partial charge in [0.05, 0.1) is 24.9 Å². The first-order valence-corrected chi connectivity index (χ1v) is 6.67. The van der Waals surface area contributed by atoms with E-state index < -0.39 is 0 Å².